The van der Waals surface area contributed by atoms with Gasteiger partial charge in [0.2, 0.25) is 15.9 Å². The van der Waals surface area contributed by atoms with Crippen LogP contribution in [0.15, 0.2) is 71.5 Å². The number of rotatable bonds is 12. The average Bonchev–Trinajstić information content (AvgIpc) is 3.74. The minimum Gasteiger partial charge on any atom is -0.344 e. The lowest BCUT2D eigenvalue weighted by molar-refractivity contribution is -0.141. The Bertz CT molecular complexity index is 3320. The summed E-state index contributed by atoms with van der Waals surface area (Å²) in [5.74, 6) is -10.4. The number of alkyl halides is 7. The van der Waals surface area contributed by atoms with Gasteiger partial charge < -0.3 is 5.32 Å². The van der Waals surface area contributed by atoms with Crippen molar-refractivity contribution < 1.29 is 52.7 Å². The van der Waals surface area contributed by atoms with E-state index < -0.39 is 129 Å². The topological polar surface area (TPSA) is 159 Å². The molecule has 24 heteroatoms. The van der Waals surface area contributed by atoms with E-state index in [9.17, 15) is 43.9 Å². The maximum absolute atomic E-state index is 15.6. The fraction of sp³-hybridized carbons (Fsp3) is 0.286. The number of carbonyl (C=O) groups is 1. The van der Waals surface area contributed by atoms with E-state index in [1.807, 2.05) is 4.72 Å². The van der Waals surface area contributed by atoms with E-state index in [-0.39, 0.29) is 33.5 Å². The number of fused-ring (bicyclic) bond motifs is 5. The summed E-state index contributed by atoms with van der Waals surface area (Å²) in [6.45, 7) is -1.24. The van der Waals surface area contributed by atoms with Gasteiger partial charge in [0.05, 0.1) is 50.5 Å². The predicted octanol–water partition coefficient (Wildman–Crippen LogP) is 8.41. The van der Waals surface area contributed by atoms with Crippen LogP contribution in [0.1, 0.15) is 58.8 Å². The molecule has 0 aliphatic heterocycles. The molecular weight excluding hydrogens is 933 g/mol. The van der Waals surface area contributed by atoms with Gasteiger partial charge in [-0.15, -0.1) is 0 Å². The molecule has 0 spiro atoms. The quantitative estimate of drug-likeness (QED) is 0.116. The zero-order valence-electron chi connectivity index (χ0n) is 33.9. The molecule has 3 atom stereocenters. The van der Waals surface area contributed by atoms with Crippen molar-refractivity contribution in [3.63, 3.8) is 0 Å². The molecule has 0 bridgehead atoms. The number of pyridine rings is 1. The van der Waals surface area contributed by atoms with Crippen LogP contribution >= 0.6 is 11.6 Å². The van der Waals surface area contributed by atoms with Crippen molar-refractivity contribution in [2.75, 3.05) is 11.0 Å². The van der Waals surface area contributed by atoms with Gasteiger partial charge in [-0.05, 0) is 73.4 Å². The highest BCUT2D eigenvalue weighted by atomic mass is 35.5. The van der Waals surface area contributed by atoms with Gasteiger partial charge in [-0.2, -0.15) is 32.1 Å². The number of carbonyl (C=O) groups excluding carboxylic acids is 1. The number of nitrogens with one attached hydrogen (secondary N) is 2. The summed E-state index contributed by atoms with van der Waals surface area (Å²) in [6.07, 6.45) is -8.30. The molecule has 4 aromatic heterocycles. The zero-order chi connectivity index (χ0) is 47.4. The molecule has 344 valence electrons. The number of nitrogens with zero attached hydrogens (tertiary/aromatic N) is 7. The summed E-state index contributed by atoms with van der Waals surface area (Å²) in [7, 11) is -4.23. The third-order valence-corrected chi connectivity index (χ3v) is 12.1. The average molecular weight is 964 g/mol. The summed E-state index contributed by atoms with van der Waals surface area (Å²) in [5, 5.41) is 9.19. The molecule has 0 radical (unpaired) electrons. The van der Waals surface area contributed by atoms with Crippen molar-refractivity contribution >= 4 is 55.2 Å². The summed E-state index contributed by atoms with van der Waals surface area (Å²) in [4.78, 5) is 38.5. The van der Waals surface area contributed by atoms with Crippen LogP contribution in [0.3, 0.4) is 0 Å². The largest absolute Gasteiger partial charge is 0.408 e. The van der Waals surface area contributed by atoms with Crippen LogP contribution in [0, 0.1) is 24.5 Å². The molecular formula is C42H31ClF9N9O4S. The lowest BCUT2D eigenvalue weighted by Crippen LogP contribution is -2.38. The van der Waals surface area contributed by atoms with Gasteiger partial charge in [0, 0.05) is 35.2 Å². The van der Waals surface area contributed by atoms with Gasteiger partial charge in [0.15, 0.2) is 5.82 Å². The minimum absolute atomic E-state index is 0.0671. The lowest BCUT2D eigenvalue weighted by Gasteiger charge is -2.24. The smallest absolute Gasteiger partial charge is 0.344 e. The Hall–Kier alpha value is -6.49. The van der Waals surface area contributed by atoms with Gasteiger partial charge in [-0.3, -0.25) is 33.2 Å². The number of benzene rings is 3. The standard InChI is InChI=1S/C42H31ClF9N9O4S/c1-18-4-3-5-27(53-18)20-6-7-23-28(13-20)55-39(61(40(23)63)30-9-8-26(43)33-35(30)60(17-41(48,49)50)57-38(33)58-66(2,64)65)29(12-19-10-21(44)14-22(45)11-19)54-31(62)16-59-36-32(34(56-59)37(46)47)24-15-25(24)42(36,51)52/h3-11,13-14,24-25,29,37H,12,15-17H2,1-2H3,(H,54,62)(H,57,58)/t24-,25+,29-/m0/s1. The highest BCUT2D eigenvalue weighted by Gasteiger charge is 2.67. The summed E-state index contributed by atoms with van der Waals surface area (Å²) < 4.78 is 160. The van der Waals surface area contributed by atoms with Crippen molar-refractivity contribution in [2.24, 2.45) is 5.92 Å². The molecule has 2 aliphatic carbocycles. The first-order valence-electron chi connectivity index (χ1n) is 19.7. The molecule has 0 saturated heterocycles. The SMILES string of the molecule is Cc1cccc(-c2ccc3c(=O)n(-c4ccc(Cl)c5c(NS(C)(=O)=O)nn(CC(F)(F)F)c45)c([C@H](Cc4cc(F)cc(F)c4)NC(=O)Cn4nc(C(F)F)c5c4C(F)(F)[C@@H]4C[C@H]54)nc3c2)n1. The number of aromatic nitrogens is 7. The van der Waals surface area contributed by atoms with E-state index in [1.165, 1.54) is 18.2 Å². The van der Waals surface area contributed by atoms with Crippen LogP contribution in [0.25, 0.3) is 38.8 Å². The third kappa shape index (κ3) is 8.22. The first kappa shape index (κ1) is 44.7. The Kier molecular flexibility index (Phi) is 10.7. The monoisotopic (exact) mass is 963 g/mol. The molecule has 9 rings (SSSR count). The van der Waals surface area contributed by atoms with Gasteiger partial charge >= 0.3 is 6.18 Å². The molecule has 1 saturated carbocycles. The van der Waals surface area contributed by atoms with E-state index in [4.69, 9.17) is 16.6 Å². The number of hydrogen-bond donors (Lipinski definition) is 2. The highest BCUT2D eigenvalue weighted by Crippen LogP contribution is 2.68. The van der Waals surface area contributed by atoms with Crippen LogP contribution in [0.2, 0.25) is 5.02 Å². The first-order valence-corrected chi connectivity index (χ1v) is 22.0. The van der Waals surface area contributed by atoms with Crippen LogP contribution in [-0.4, -0.2) is 60.9 Å². The second-order valence-corrected chi connectivity index (χ2v) is 18.2. The van der Waals surface area contributed by atoms with E-state index in [0.29, 0.717) is 38.6 Å². The highest BCUT2D eigenvalue weighted by molar-refractivity contribution is 7.92. The second-order valence-electron chi connectivity index (χ2n) is 16.1. The zero-order valence-corrected chi connectivity index (χ0v) is 35.5. The molecule has 13 nitrogen and oxygen atoms in total. The normalized spacial score (nSPS) is 17.0. The molecule has 0 unspecified atom stereocenters. The Labute approximate surface area is 371 Å². The number of sulfonamides is 1. The molecule has 3 aromatic carbocycles. The molecule has 1 fully saturated rings. The Morgan fingerprint density at radius 1 is 0.985 bits per heavy atom. The number of aryl methyl sites for hydroxylation is 1. The van der Waals surface area contributed by atoms with Gasteiger partial charge in [0.1, 0.15) is 41.9 Å². The summed E-state index contributed by atoms with van der Waals surface area (Å²) >= 11 is 6.52. The number of anilines is 1. The van der Waals surface area contributed by atoms with Crippen LogP contribution < -0.4 is 15.6 Å². The van der Waals surface area contributed by atoms with Crippen LogP contribution in [-0.2, 0) is 40.3 Å². The third-order valence-electron chi connectivity index (χ3n) is 11.2. The van der Waals surface area contributed by atoms with Crippen molar-refractivity contribution in [1.82, 2.24) is 39.4 Å². The van der Waals surface area contributed by atoms with Gasteiger partial charge in [-0.1, -0.05) is 23.7 Å². The second kappa shape index (κ2) is 15.8. The predicted molar refractivity (Wildman–Crippen MR) is 221 cm³/mol. The van der Waals surface area contributed by atoms with E-state index >= 15 is 13.6 Å². The van der Waals surface area contributed by atoms with Gasteiger partial charge in [-0.25, -0.2) is 31.0 Å². The van der Waals surface area contributed by atoms with E-state index in [1.54, 1.807) is 25.1 Å². The van der Waals surface area contributed by atoms with Crippen molar-refractivity contribution in [3.05, 3.63) is 128 Å². The van der Waals surface area contributed by atoms with Crippen LogP contribution in [0.4, 0.5) is 45.3 Å². The van der Waals surface area contributed by atoms with Crippen molar-refractivity contribution in [1.29, 1.82) is 0 Å². The van der Waals surface area contributed by atoms with E-state index in [2.05, 4.69) is 20.5 Å². The minimum atomic E-state index is -5.01. The van der Waals surface area contributed by atoms with Crippen molar-refractivity contribution in [2.45, 2.75) is 63.3 Å². The number of halogens is 10. The fourth-order valence-electron chi connectivity index (χ4n) is 8.63. The number of hydrogen-bond acceptors (Lipinski definition) is 8. The molecule has 7 aromatic rings. The van der Waals surface area contributed by atoms with Crippen LogP contribution in [0.5, 0.6) is 0 Å². The van der Waals surface area contributed by atoms with Gasteiger partial charge in [0.25, 0.3) is 17.9 Å². The Morgan fingerprint density at radius 3 is 2.38 bits per heavy atom. The molecule has 66 heavy (non-hydrogen) atoms. The maximum atomic E-state index is 15.6. The Morgan fingerprint density at radius 2 is 1.71 bits per heavy atom. The maximum Gasteiger partial charge on any atom is 0.408 e. The Balaban J connectivity index is 1.29. The number of amides is 1. The van der Waals surface area contributed by atoms with E-state index in [0.717, 1.165) is 28.8 Å². The molecule has 2 aliphatic rings. The van der Waals surface area contributed by atoms with Crippen molar-refractivity contribution in [3.8, 4) is 16.9 Å². The lowest BCUT2D eigenvalue weighted by atomic mass is 10.0. The summed E-state index contributed by atoms with van der Waals surface area (Å²) in [6, 6.07) is 12.2. The summed E-state index contributed by atoms with van der Waals surface area (Å²) in [5.41, 5.74) is -2.99. The fourth-order valence-corrected chi connectivity index (χ4v) is 9.37. The molecule has 1 amide bonds. The molecule has 2 N–H and O–H groups in total. The molecule has 4 heterocycles. The first-order chi connectivity index (χ1) is 31.0.